The van der Waals surface area contributed by atoms with Crippen molar-refractivity contribution in [1.82, 2.24) is 14.5 Å². The molecule has 0 amide bonds. The van der Waals surface area contributed by atoms with Gasteiger partial charge in [-0.3, -0.25) is 0 Å². The summed E-state index contributed by atoms with van der Waals surface area (Å²) >= 11 is 7.31. The van der Waals surface area contributed by atoms with Gasteiger partial charge in [0.2, 0.25) is 5.95 Å². The van der Waals surface area contributed by atoms with Crippen LogP contribution in [-0.2, 0) is 0 Å². The Morgan fingerprint density at radius 1 is 1.52 bits per heavy atom. The second-order valence-corrected chi connectivity index (χ2v) is 6.90. The predicted molar refractivity (Wildman–Crippen MR) is 81.1 cm³/mol. The lowest BCUT2D eigenvalue weighted by Crippen LogP contribution is -2.44. The number of thioether (sulfide) groups is 1. The van der Waals surface area contributed by atoms with Crippen molar-refractivity contribution >= 4 is 40.3 Å². The van der Waals surface area contributed by atoms with Gasteiger partial charge in [-0.25, -0.2) is 4.98 Å². The summed E-state index contributed by atoms with van der Waals surface area (Å²) in [5.41, 5.74) is 4.68. The van der Waals surface area contributed by atoms with Crippen LogP contribution in [0.1, 0.15) is 12.3 Å². The van der Waals surface area contributed by atoms with E-state index in [0.717, 1.165) is 0 Å². The standard InChI is InChI=1S/C12H15ClN4O3S/c1-12(20)7(19)6(4-18)21-10(12)17-3-2-5-8(13)15-11(14)16-9(5)17/h2-3,6-7,10,18-20H,4H2,1H3,(H2,14,15,16)/t6-,7+,10-,12+/m0/s1. The highest BCUT2D eigenvalue weighted by Gasteiger charge is 2.52. The molecule has 0 aromatic carbocycles. The smallest absolute Gasteiger partial charge is 0.223 e. The molecule has 0 saturated carbocycles. The molecule has 7 nitrogen and oxygen atoms in total. The van der Waals surface area contributed by atoms with Crippen LogP contribution in [0.25, 0.3) is 11.0 Å². The van der Waals surface area contributed by atoms with E-state index in [0.29, 0.717) is 11.0 Å². The predicted octanol–water partition coefficient (Wildman–Crippen LogP) is 0.385. The van der Waals surface area contributed by atoms with Crippen LogP contribution >= 0.6 is 23.4 Å². The van der Waals surface area contributed by atoms with E-state index < -0.39 is 22.3 Å². The third kappa shape index (κ3) is 2.18. The van der Waals surface area contributed by atoms with E-state index in [9.17, 15) is 15.3 Å². The minimum Gasteiger partial charge on any atom is -0.395 e. The zero-order valence-corrected chi connectivity index (χ0v) is 12.7. The van der Waals surface area contributed by atoms with E-state index in [1.54, 1.807) is 16.8 Å². The van der Waals surface area contributed by atoms with Crippen molar-refractivity contribution in [2.75, 3.05) is 12.3 Å². The van der Waals surface area contributed by atoms with Crippen LogP contribution in [0.15, 0.2) is 12.3 Å². The van der Waals surface area contributed by atoms with Gasteiger partial charge in [0.15, 0.2) is 0 Å². The molecule has 0 aliphatic carbocycles. The molecule has 5 N–H and O–H groups in total. The maximum absolute atomic E-state index is 10.6. The van der Waals surface area contributed by atoms with Gasteiger partial charge < -0.3 is 25.6 Å². The Kier molecular flexibility index (Phi) is 3.53. The first kappa shape index (κ1) is 14.9. The quantitative estimate of drug-likeness (QED) is 0.588. The van der Waals surface area contributed by atoms with Crippen LogP contribution in [0.5, 0.6) is 0 Å². The highest BCUT2D eigenvalue weighted by Crippen LogP contribution is 2.49. The maximum Gasteiger partial charge on any atom is 0.223 e. The summed E-state index contributed by atoms with van der Waals surface area (Å²) in [6.07, 6.45) is 0.660. The lowest BCUT2D eigenvalue weighted by molar-refractivity contribution is -0.0671. The van der Waals surface area contributed by atoms with Gasteiger partial charge in [0, 0.05) is 6.20 Å². The molecular formula is C12H15ClN4O3S. The van der Waals surface area contributed by atoms with Gasteiger partial charge in [-0.2, -0.15) is 4.98 Å². The highest BCUT2D eigenvalue weighted by atomic mass is 35.5. The molecule has 1 saturated heterocycles. The Bertz CT molecular complexity index is 692. The van der Waals surface area contributed by atoms with Crippen LogP contribution in [0.2, 0.25) is 5.15 Å². The fraction of sp³-hybridized carbons (Fsp3) is 0.500. The van der Waals surface area contributed by atoms with E-state index >= 15 is 0 Å². The van der Waals surface area contributed by atoms with Crippen molar-refractivity contribution in [2.24, 2.45) is 0 Å². The molecule has 3 heterocycles. The number of hydrogen-bond donors (Lipinski definition) is 4. The molecule has 114 valence electrons. The minimum absolute atomic E-state index is 0.0364. The average molecular weight is 331 g/mol. The third-order valence-electron chi connectivity index (χ3n) is 3.73. The van der Waals surface area contributed by atoms with Crippen molar-refractivity contribution in [2.45, 2.75) is 29.3 Å². The van der Waals surface area contributed by atoms with Gasteiger partial charge in [-0.1, -0.05) is 11.6 Å². The van der Waals surface area contributed by atoms with E-state index in [4.69, 9.17) is 17.3 Å². The fourth-order valence-corrected chi connectivity index (χ4v) is 4.38. The number of rotatable bonds is 2. The average Bonchev–Trinajstić information content (AvgIpc) is 2.91. The molecule has 0 radical (unpaired) electrons. The SMILES string of the molecule is C[C@@]1(O)[C@H](O)[C@H](CO)S[C@@H]1n1ccc2c(Cl)nc(N)nc21. The van der Waals surface area contributed by atoms with E-state index in [-0.39, 0.29) is 17.7 Å². The molecule has 1 fully saturated rings. The molecule has 0 bridgehead atoms. The van der Waals surface area contributed by atoms with Crippen LogP contribution in [0, 0.1) is 0 Å². The van der Waals surface area contributed by atoms with Crippen LogP contribution in [0.3, 0.4) is 0 Å². The van der Waals surface area contributed by atoms with E-state index in [2.05, 4.69) is 9.97 Å². The molecule has 4 atom stereocenters. The Morgan fingerprint density at radius 3 is 2.86 bits per heavy atom. The second kappa shape index (κ2) is 4.99. The molecule has 2 aromatic rings. The largest absolute Gasteiger partial charge is 0.395 e. The van der Waals surface area contributed by atoms with Crippen molar-refractivity contribution in [3.05, 3.63) is 17.4 Å². The van der Waals surface area contributed by atoms with Crippen LogP contribution in [-0.4, -0.2) is 53.4 Å². The van der Waals surface area contributed by atoms with E-state index in [1.807, 2.05) is 0 Å². The van der Waals surface area contributed by atoms with Gasteiger partial charge in [0.05, 0.1) is 23.3 Å². The minimum atomic E-state index is -1.42. The number of nitrogens with two attached hydrogens (primary N) is 1. The Balaban J connectivity index is 2.13. The summed E-state index contributed by atoms with van der Waals surface area (Å²) in [6.45, 7) is 1.30. The van der Waals surface area contributed by atoms with Gasteiger partial charge in [0.1, 0.15) is 21.8 Å². The monoisotopic (exact) mass is 330 g/mol. The molecule has 0 spiro atoms. The molecule has 1 aliphatic heterocycles. The first-order valence-corrected chi connectivity index (χ1v) is 7.64. The number of aliphatic hydroxyl groups is 3. The molecule has 0 unspecified atom stereocenters. The van der Waals surface area contributed by atoms with Gasteiger partial charge in [-0.05, 0) is 13.0 Å². The van der Waals surface area contributed by atoms with Crippen molar-refractivity contribution in [3.63, 3.8) is 0 Å². The fourth-order valence-electron chi connectivity index (χ4n) is 2.59. The lowest BCUT2D eigenvalue weighted by atomic mass is 9.96. The summed E-state index contributed by atoms with van der Waals surface area (Å²) in [5, 5.41) is 29.9. The van der Waals surface area contributed by atoms with Crippen molar-refractivity contribution in [3.8, 4) is 0 Å². The number of aromatic nitrogens is 3. The molecule has 9 heteroatoms. The van der Waals surface area contributed by atoms with Crippen LogP contribution < -0.4 is 5.73 Å². The van der Waals surface area contributed by atoms with Crippen LogP contribution in [0.4, 0.5) is 5.95 Å². The van der Waals surface area contributed by atoms with Gasteiger partial charge >= 0.3 is 0 Å². The zero-order valence-electron chi connectivity index (χ0n) is 11.1. The summed E-state index contributed by atoms with van der Waals surface area (Å²) in [6, 6.07) is 1.73. The summed E-state index contributed by atoms with van der Waals surface area (Å²) < 4.78 is 1.70. The summed E-state index contributed by atoms with van der Waals surface area (Å²) in [7, 11) is 0. The lowest BCUT2D eigenvalue weighted by Gasteiger charge is -2.29. The first-order chi connectivity index (χ1) is 9.86. The zero-order chi connectivity index (χ0) is 15.4. The van der Waals surface area contributed by atoms with Gasteiger partial charge in [-0.15, -0.1) is 11.8 Å². The summed E-state index contributed by atoms with van der Waals surface area (Å²) in [5.74, 6) is 0.0364. The van der Waals surface area contributed by atoms with Crippen molar-refractivity contribution < 1.29 is 15.3 Å². The normalized spacial score (nSPS) is 32.9. The molecule has 2 aromatic heterocycles. The highest BCUT2D eigenvalue weighted by molar-refractivity contribution is 8.00. The van der Waals surface area contributed by atoms with Crippen molar-refractivity contribution in [1.29, 1.82) is 0 Å². The Hall–Kier alpha value is -1.06. The summed E-state index contributed by atoms with van der Waals surface area (Å²) in [4.78, 5) is 8.04. The first-order valence-electron chi connectivity index (χ1n) is 6.32. The third-order valence-corrected chi connectivity index (χ3v) is 5.74. The second-order valence-electron chi connectivity index (χ2n) is 5.21. The maximum atomic E-state index is 10.6. The Labute approximate surface area is 129 Å². The number of nitrogens with zero attached hydrogens (tertiary/aromatic N) is 3. The number of aliphatic hydroxyl groups excluding tert-OH is 2. The number of halogens is 1. The van der Waals surface area contributed by atoms with E-state index in [1.165, 1.54) is 18.7 Å². The molecule has 3 rings (SSSR count). The Morgan fingerprint density at radius 2 is 2.24 bits per heavy atom. The number of nitrogen functional groups attached to an aromatic ring is 1. The topological polar surface area (TPSA) is 117 Å². The number of hydrogen-bond acceptors (Lipinski definition) is 7. The molecular weight excluding hydrogens is 316 g/mol. The molecule has 21 heavy (non-hydrogen) atoms. The number of fused-ring (bicyclic) bond motifs is 1. The number of anilines is 1. The molecule has 1 aliphatic rings. The van der Waals surface area contributed by atoms with Gasteiger partial charge in [0.25, 0.3) is 0 Å².